The number of benzene rings is 1. The van der Waals surface area contributed by atoms with Crippen molar-refractivity contribution >= 4 is 17.8 Å². The topological polar surface area (TPSA) is 135 Å². The lowest BCUT2D eigenvalue weighted by Gasteiger charge is -2.43. The summed E-state index contributed by atoms with van der Waals surface area (Å²) >= 11 is 0. The fourth-order valence-electron chi connectivity index (χ4n) is 2.74. The molecule has 0 saturated heterocycles. The number of rotatable bonds is 4. The van der Waals surface area contributed by atoms with Gasteiger partial charge in [0, 0.05) is 6.42 Å². The molecule has 0 heterocycles. The van der Waals surface area contributed by atoms with Crippen molar-refractivity contribution in [2.24, 2.45) is 5.92 Å². The van der Waals surface area contributed by atoms with Crippen molar-refractivity contribution in [1.29, 1.82) is 0 Å². The molecular formula is C16H18O7. The Morgan fingerprint density at radius 1 is 1.09 bits per heavy atom. The minimum atomic E-state index is -2.66. The molecule has 0 aliphatic heterocycles. The van der Waals surface area contributed by atoms with Gasteiger partial charge in [-0.15, -0.1) is 0 Å². The van der Waals surface area contributed by atoms with Crippen LogP contribution in [0.5, 0.6) is 0 Å². The fourth-order valence-corrected chi connectivity index (χ4v) is 2.74. The molecule has 2 rings (SSSR count). The number of allylic oxidation sites excluding steroid dienone is 1. The Hall–Kier alpha value is -2.06. The van der Waals surface area contributed by atoms with Crippen LogP contribution in [0.4, 0.5) is 0 Å². The molecule has 1 saturated carbocycles. The first-order valence-electron chi connectivity index (χ1n) is 7.04. The van der Waals surface area contributed by atoms with Crippen LogP contribution in [-0.4, -0.2) is 61.2 Å². The minimum Gasteiger partial charge on any atom is -0.479 e. The summed E-state index contributed by atoms with van der Waals surface area (Å²) in [5.41, 5.74) is -1.98. The van der Waals surface area contributed by atoms with E-state index < -0.39 is 48.0 Å². The van der Waals surface area contributed by atoms with Crippen molar-refractivity contribution in [3.8, 4) is 0 Å². The van der Waals surface area contributed by atoms with Gasteiger partial charge in [0.1, 0.15) is 6.10 Å². The Balaban J connectivity index is 2.30. The second-order valence-corrected chi connectivity index (χ2v) is 5.61. The first-order chi connectivity index (χ1) is 10.8. The predicted octanol–water partition coefficient (Wildman–Crippen LogP) is -0.813. The van der Waals surface area contributed by atoms with Gasteiger partial charge in [0.05, 0.1) is 18.1 Å². The maximum Gasteiger partial charge on any atom is 0.336 e. The molecule has 23 heavy (non-hydrogen) atoms. The number of hydrogen-bond donors (Lipinski definition) is 5. The van der Waals surface area contributed by atoms with E-state index in [-0.39, 0.29) is 0 Å². The van der Waals surface area contributed by atoms with Crippen LogP contribution in [0.25, 0.3) is 6.08 Å². The van der Waals surface area contributed by atoms with Crippen LogP contribution in [0.2, 0.25) is 0 Å². The molecule has 1 aromatic rings. The van der Waals surface area contributed by atoms with Crippen LogP contribution in [0.1, 0.15) is 12.0 Å². The van der Waals surface area contributed by atoms with Crippen molar-refractivity contribution in [2.45, 2.75) is 30.3 Å². The van der Waals surface area contributed by atoms with Crippen molar-refractivity contribution in [2.75, 3.05) is 0 Å². The third-order valence-electron chi connectivity index (χ3n) is 4.04. The molecule has 0 spiro atoms. The number of carbonyl (C=O) groups excluding carboxylic acids is 1. The van der Waals surface area contributed by atoms with Crippen LogP contribution < -0.4 is 0 Å². The lowest BCUT2D eigenvalue weighted by atomic mass is 9.69. The van der Waals surface area contributed by atoms with E-state index in [0.29, 0.717) is 5.56 Å². The highest BCUT2D eigenvalue weighted by Crippen LogP contribution is 2.36. The molecule has 5 atom stereocenters. The number of hydrogen-bond acceptors (Lipinski definition) is 6. The number of carbonyl (C=O) groups is 2. The normalized spacial score (nSPS) is 34.4. The summed E-state index contributed by atoms with van der Waals surface area (Å²) in [6.07, 6.45) is -3.55. The molecule has 7 heteroatoms. The van der Waals surface area contributed by atoms with Crippen LogP contribution in [0.15, 0.2) is 36.4 Å². The molecule has 3 unspecified atom stereocenters. The van der Waals surface area contributed by atoms with E-state index in [9.17, 15) is 35.1 Å². The van der Waals surface area contributed by atoms with Gasteiger partial charge >= 0.3 is 5.97 Å². The third kappa shape index (κ3) is 3.32. The molecular weight excluding hydrogens is 304 g/mol. The number of aliphatic hydroxyl groups is 4. The summed E-state index contributed by atoms with van der Waals surface area (Å²) in [5, 5.41) is 48.7. The summed E-state index contributed by atoms with van der Waals surface area (Å²) in [7, 11) is 0. The second kappa shape index (κ2) is 6.59. The average Bonchev–Trinajstić information content (AvgIpc) is 2.51. The van der Waals surface area contributed by atoms with Gasteiger partial charge in [-0.1, -0.05) is 36.4 Å². The van der Waals surface area contributed by atoms with Gasteiger partial charge < -0.3 is 25.5 Å². The third-order valence-corrected chi connectivity index (χ3v) is 4.04. The van der Waals surface area contributed by atoms with Gasteiger partial charge in [-0.2, -0.15) is 0 Å². The predicted molar refractivity (Wildman–Crippen MR) is 79.2 cm³/mol. The highest BCUT2D eigenvalue weighted by molar-refractivity contribution is 6.00. The van der Waals surface area contributed by atoms with Crippen LogP contribution in [-0.2, 0) is 9.59 Å². The second-order valence-electron chi connectivity index (χ2n) is 5.61. The molecule has 1 aliphatic rings. The zero-order chi connectivity index (χ0) is 17.2. The maximum absolute atomic E-state index is 12.3. The summed E-state index contributed by atoms with van der Waals surface area (Å²) in [5.74, 6) is -4.37. The van der Waals surface area contributed by atoms with E-state index in [2.05, 4.69) is 0 Å². The monoisotopic (exact) mass is 322 g/mol. The van der Waals surface area contributed by atoms with Gasteiger partial charge in [0.25, 0.3) is 0 Å². The largest absolute Gasteiger partial charge is 0.479 e. The highest BCUT2D eigenvalue weighted by Gasteiger charge is 2.58. The van der Waals surface area contributed by atoms with Gasteiger partial charge in [-0.05, 0) is 11.6 Å². The SMILES string of the molecule is O=C(C=Cc1ccccc1)C1[C@@H](O)C(O)[C@H](O)CC1(O)C(=O)O. The highest BCUT2D eigenvalue weighted by atomic mass is 16.4. The Kier molecular flexibility index (Phi) is 4.96. The molecule has 0 aromatic heterocycles. The van der Waals surface area contributed by atoms with Gasteiger partial charge in [0.15, 0.2) is 11.4 Å². The Bertz CT molecular complexity index is 612. The maximum atomic E-state index is 12.3. The van der Waals surface area contributed by atoms with Crippen molar-refractivity contribution in [3.05, 3.63) is 42.0 Å². The number of aliphatic hydroxyl groups excluding tert-OH is 3. The van der Waals surface area contributed by atoms with Gasteiger partial charge in [0.2, 0.25) is 0 Å². The molecule has 0 amide bonds. The quantitative estimate of drug-likeness (QED) is 0.457. The van der Waals surface area contributed by atoms with Gasteiger partial charge in [-0.25, -0.2) is 4.79 Å². The number of carboxylic acid groups (broad SMARTS) is 1. The van der Waals surface area contributed by atoms with E-state index in [1.165, 1.54) is 6.08 Å². The minimum absolute atomic E-state index is 0.672. The number of ketones is 1. The van der Waals surface area contributed by atoms with Crippen LogP contribution >= 0.6 is 0 Å². The zero-order valence-electron chi connectivity index (χ0n) is 12.1. The zero-order valence-corrected chi connectivity index (χ0v) is 12.1. The van der Waals surface area contributed by atoms with Crippen molar-refractivity contribution in [1.82, 2.24) is 0 Å². The summed E-state index contributed by atoms with van der Waals surface area (Å²) in [6, 6.07) is 8.69. The molecule has 1 fully saturated rings. The average molecular weight is 322 g/mol. The summed E-state index contributed by atoms with van der Waals surface area (Å²) in [4.78, 5) is 23.6. The molecule has 7 nitrogen and oxygen atoms in total. The Morgan fingerprint density at radius 2 is 1.70 bits per heavy atom. The van der Waals surface area contributed by atoms with E-state index in [4.69, 9.17) is 0 Å². The standard InChI is InChI=1S/C16H18O7/c17-10(7-6-9-4-2-1-3-5-9)12-14(20)13(19)11(18)8-16(12,23)15(21)22/h1-7,11-14,18-20,23H,8H2,(H,21,22)/t11-,12?,13?,14-,16?/m1/s1. The molecule has 1 aromatic carbocycles. The molecule has 5 N–H and O–H groups in total. The molecule has 0 bridgehead atoms. The Labute approximate surface area is 132 Å². The number of aliphatic carboxylic acids is 1. The van der Waals surface area contributed by atoms with E-state index in [0.717, 1.165) is 6.08 Å². The van der Waals surface area contributed by atoms with Crippen LogP contribution in [0, 0.1) is 5.92 Å². The lowest BCUT2D eigenvalue weighted by Crippen LogP contribution is -2.64. The van der Waals surface area contributed by atoms with E-state index in [1.54, 1.807) is 30.3 Å². The van der Waals surface area contributed by atoms with E-state index in [1.807, 2.05) is 0 Å². The first-order valence-corrected chi connectivity index (χ1v) is 7.04. The van der Waals surface area contributed by atoms with Crippen molar-refractivity contribution < 1.29 is 35.1 Å². The lowest BCUT2D eigenvalue weighted by molar-refractivity contribution is -0.207. The molecule has 0 radical (unpaired) electrons. The first kappa shape index (κ1) is 17.3. The van der Waals surface area contributed by atoms with Gasteiger partial charge in [-0.3, -0.25) is 4.79 Å². The summed E-state index contributed by atoms with van der Waals surface area (Å²) < 4.78 is 0. The Morgan fingerprint density at radius 3 is 2.26 bits per heavy atom. The fraction of sp³-hybridized carbons (Fsp3) is 0.375. The van der Waals surface area contributed by atoms with Crippen molar-refractivity contribution in [3.63, 3.8) is 0 Å². The summed E-state index contributed by atoms with van der Waals surface area (Å²) in [6.45, 7) is 0. The smallest absolute Gasteiger partial charge is 0.336 e. The number of carboxylic acids is 1. The molecule has 1 aliphatic carbocycles. The molecule has 124 valence electrons. The van der Waals surface area contributed by atoms with E-state index >= 15 is 0 Å². The van der Waals surface area contributed by atoms with Crippen LogP contribution in [0.3, 0.4) is 0 Å².